The van der Waals surface area contributed by atoms with Crippen LogP contribution in [-0.2, 0) is 9.59 Å². The molecular formula is C14H18FN3O2. The minimum Gasteiger partial charge on any atom is -0.342 e. The second-order valence-electron chi connectivity index (χ2n) is 4.86. The first-order valence-corrected chi connectivity index (χ1v) is 6.64. The molecule has 1 aromatic rings. The van der Waals surface area contributed by atoms with E-state index in [0.29, 0.717) is 31.6 Å². The fraction of sp³-hybridized carbons (Fsp3) is 0.429. The second kappa shape index (κ2) is 6.47. The van der Waals surface area contributed by atoms with Crippen molar-refractivity contribution in [1.82, 2.24) is 4.90 Å². The average molecular weight is 279 g/mol. The number of carbonyl (C=O) groups is 2. The molecule has 0 aliphatic carbocycles. The molecule has 0 spiro atoms. The van der Waals surface area contributed by atoms with Gasteiger partial charge in [-0.15, -0.1) is 0 Å². The van der Waals surface area contributed by atoms with Gasteiger partial charge in [-0.2, -0.15) is 0 Å². The van der Waals surface area contributed by atoms with Crippen LogP contribution in [0.1, 0.15) is 12.8 Å². The number of carbonyl (C=O) groups excluding carboxylic acids is 2. The van der Waals surface area contributed by atoms with Crippen molar-refractivity contribution in [3.63, 3.8) is 0 Å². The second-order valence-corrected chi connectivity index (χ2v) is 4.86. The Balaban J connectivity index is 1.85. The van der Waals surface area contributed by atoms with Gasteiger partial charge < -0.3 is 16.0 Å². The highest BCUT2D eigenvalue weighted by molar-refractivity contribution is 5.92. The predicted molar refractivity (Wildman–Crippen MR) is 73.4 cm³/mol. The van der Waals surface area contributed by atoms with Crippen molar-refractivity contribution >= 4 is 17.5 Å². The molecule has 1 fully saturated rings. The molecule has 0 atom stereocenters. The van der Waals surface area contributed by atoms with Crippen LogP contribution >= 0.6 is 0 Å². The summed E-state index contributed by atoms with van der Waals surface area (Å²) in [6.07, 6.45) is 1.25. The number of benzene rings is 1. The van der Waals surface area contributed by atoms with Gasteiger partial charge >= 0.3 is 0 Å². The van der Waals surface area contributed by atoms with Gasteiger partial charge in [-0.1, -0.05) is 0 Å². The lowest BCUT2D eigenvalue weighted by atomic mass is 9.95. The van der Waals surface area contributed by atoms with Crippen LogP contribution in [0, 0.1) is 11.7 Å². The van der Waals surface area contributed by atoms with E-state index in [9.17, 15) is 14.0 Å². The summed E-state index contributed by atoms with van der Waals surface area (Å²) < 4.78 is 12.8. The van der Waals surface area contributed by atoms with E-state index >= 15 is 0 Å². The molecule has 0 bridgehead atoms. The Bertz CT molecular complexity index is 482. The fourth-order valence-electron chi connectivity index (χ4n) is 2.30. The molecule has 0 aromatic heterocycles. The number of hydrogen-bond acceptors (Lipinski definition) is 3. The maximum atomic E-state index is 12.8. The number of nitrogens with one attached hydrogen (secondary N) is 1. The van der Waals surface area contributed by atoms with Crippen LogP contribution in [0.2, 0.25) is 0 Å². The van der Waals surface area contributed by atoms with Gasteiger partial charge in [0, 0.05) is 24.7 Å². The number of nitrogens with zero attached hydrogens (tertiary/aromatic N) is 1. The standard InChI is InChI=1S/C14H18FN3O2/c15-11-1-3-12(4-2-11)17-14(20)10-5-7-18(8-6-10)13(19)9-16/h1-4,10H,5-9,16H2,(H,17,20). The van der Waals surface area contributed by atoms with Crippen LogP contribution in [0.5, 0.6) is 0 Å². The maximum absolute atomic E-state index is 12.8. The zero-order valence-electron chi connectivity index (χ0n) is 11.1. The van der Waals surface area contributed by atoms with Crippen LogP contribution in [0.3, 0.4) is 0 Å². The minimum atomic E-state index is -0.336. The normalized spacial score (nSPS) is 16.0. The van der Waals surface area contributed by atoms with Crippen LogP contribution in [0.4, 0.5) is 10.1 Å². The van der Waals surface area contributed by atoms with Gasteiger partial charge in [0.05, 0.1) is 6.54 Å². The van der Waals surface area contributed by atoms with E-state index in [2.05, 4.69) is 5.32 Å². The summed E-state index contributed by atoms with van der Waals surface area (Å²) in [6.45, 7) is 1.11. The molecule has 2 rings (SSSR count). The Morgan fingerprint density at radius 1 is 1.25 bits per heavy atom. The molecule has 0 saturated carbocycles. The molecule has 1 aliphatic rings. The molecule has 0 radical (unpaired) electrons. The van der Waals surface area contributed by atoms with Crippen molar-refractivity contribution in [1.29, 1.82) is 0 Å². The van der Waals surface area contributed by atoms with Crippen LogP contribution in [0.25, 0.3) is 0 Å². The Morgan fingerprint density at radius 2 is 1.85 bits per heavy atom. The highest BCUT2D eigenvalue weighted by Gasteiger charge is 2.26. The third-order valence-electron chi connectivity index (χ3n) is 3.50. The zero-order valence-corrected chi connectivity index (χ0v) is 11.1. The van der Waals surface area contributed by atoms with E-state index in [1.54, 1.807) is 4.90 Å². The van der Waals surface area contributed by atoms with E-state index < -0.39 is 0 Å². The van der Waals surface area contributed by atoms with Crippen LogP contribution < -0.4 is 11.1 Å². The fourth-order valence-corrected chi connectivity index (χ4v) is 2.30. The molecule has 1 aromatic carbocycles. The number of rotatable bonds is 3. The SMILES string of the molecule is NCC(=O)N1CCC(C(=O)Nc2ccc(F)cc2)CC1. The van der Waals surface area contributed by atoms with Gasteiger partial charge in [0.2, 0.25) is 11.8 Å². The molecule has 1 heterocycles. The third kappa shape index (κ3) is 3.54. The third-order valence-corrected chi connectivity index (χ3v) is 3.50. The summed E-state index contributed by atoms with van der Waals surface area (Å²) in [5.41, 5.74) is 5.89. The van der Waals surface area contributed by atoms with Crippen LogP contribution in [0.15, 0.2) is 24.3 Å². The van der Waals surface area contributed by atoms with E-state index in [0.717, 1.165) is 0 Å². The monoisotopic (exact) mass is 279 g/mol. The lowest BCUT2D eigenvalue weighted by Crippen LogP contribution is -2.43. The first-order valence-electron chi connectivity index (χ1n) is 6.64. The van der Waals surface area contributed by atoms with E-state index in [4.69, 9.17) is 5.73 Å². The van der Waals surface area contributed by atoms with Gasteiger partial charge in [-0.25, -0.2) is 4.39 Å². The molecule has 2 amide bonds. The molecular weight excluding hydrogens is 261 g/mol. The quantitative estimate of drug-likeness (QED) is 0.865. The molecule has 1 aliphatic heterocycles. The number of hydrogen-bond donors (Lipinski definition) is 2. The molecule has 3 N–H and O–H groups in total. The Kier molecular flexibility index (Phi) is 4.68. The van der Waals surface area contributed by atoms with Crippen molar-refractivity contribution in [3.05, 3.63) is 30.1 Å². The van der Waals surface area contributed by atoms with Crippen LogP contribution in [-0.4, -0.2) is 36.3 Å². The first kappa shape index (κ1) is 14.5. The summed E-state index contributed by atoms with van der Waals surface area (Å²) in [5, 5.41) is 2.76. The van der Waals surface area contributed by atoms with E-state index in [1.165, 1.54) is 24.3 Å². The topological polar surface area (TPSA) is 75.4 Å². The number of piperidine rings is 1. The van der Waals surface area contributed by atoms with Gasteiger partial charge in [0.1, 0.15) is 5.82 Å². The lowest BCUT2D eigenvalue weighted by molar-refractivity contribution is -0.133. The number of nitrogens with two attached hydrogens (primary N) is 1. The molecule has 6 heteroatoms. The van der Waals surface area contributed by atoms with Gasteiger partial charge in [-0.05, 0) is 37.1 Å². The van der Waals surface area contributed by atoms with Crippen molar-refractivity contribution in [3.8, 4) is 0 Å². The molecule has 20 heavy (non-hydrogen) atoms. The number of likely N-dealkylation sites (tertiary alicyclic amines) is 1. The van der Waals surface area contributed by atoms with Gasteiger partial charge in [0.15, 0.2) is 0 Å². The Hall–Kier alpha value is -1.95. The molecule has 5 nitrogen and oxygen atoms in total. The summed E-state index contributed by atoms with van der Waals surface area (Å²) in [7, 11) is 0. The summed E-state index contributed by atoms with van der Waals surface area (Å²) in [6, 6.07) is 5.66. The number of halogens is 1. The highest BCUT2D eigenvalue weighted by atomic mass is 19.1. The molecule has 108 valence electrons. The lowest BCUT2D eigenvalue weighted by Gasteiger charge is -2.31. The summed E-state index contributed by atoms with van der Waals surface area (Å²) in [4.78, 5) is 25.2. The van der Waals surface area contributed by atoms with E-state index in [1.807, 2.05) is 0 Å². The van der Waals surface area contributed by atoms with Crippen molar-refractivity contribution in [2.75, 3.05) is 25.0 Å². The molecule has 1 saturated heterocycles. The van der Waals surface area contributed by atoms with Gasteiger partial charge in [0.25, 0.3) is 0 Å². The Morgan fingerprint density at radius 3 is 2.40 bits per heavy atom. The van der Waals surface area contributed by atoms with Crippen molar-refractivity contribution < 1.29 is 14.0 Å². The summed E-state index contributed by atoms with van der Waals surface area (Å²) in [5.74, 6) is -0.627. The van der Waals surface area contributed by atoms with Crippen molar-refractivity contribution in [2.24, 2.45) is 11.7 Å². The number of anilines is 1. The maximum Gasteiger partial charge on any atom is 0.236 e. The highest BCUT2D eigenvalue weighted by Crippen LogP contribution is 2.19. The molecule has 0 unspecified atom stereocenters. The first-order chi connectivity index (χ1) is 9.60. The minimum absolute atomic E-state index is 0.00639. The Labute approximate surface area is 116 Å². The largest absolute Gasteiger partial charge is 0.342 e. The van der Waals surface area contributed by atoms with E-state index in [-0.39, 0.29) is 30.1 Å². The van der Waals surface area contributed by atoms with Crippen molar-refractivity contribution in [2.45, 2.75) is 12.8 Å². The average Bonchev–Trinajstić information content (AvgIpc) is 2.49. The number of amides is 2. The zero-order chi connectivity index (χ0) is 14.5. The summed E-state index contributed by atoms with van der Waals surface area (Å²) >= 11 is 0. The predicted octanol–water partition coefficient (Wildman–Crippen LogP) is 0.961. The smallest absolute Gasteiger partial charge is 0.236 e. The van der Waals surface area contributed by atoms with Gasteiger partial charge in [-0.3, -0.25) is 9.59 Å².